The molecule has 1 fully saturated rings. The lowest BCUT2D eigenvalue weighted by molar-refractivity contribution is -0.115. The summed E-state index contributed by atoms with van der Waals surface area (Å²) in [5, 5.41) is 14.4. The summed E-state index contributed by atoms with van der Waals surface area (Å²) in [7, 11) is 1.67. The molecule has 0 saturated carbocycles. The highest BCUT2D eigenvalue weighted by atomic mass is 32.1. The molecule has 7 nitrogen and oxygen atoms in total. The van der Waals surface area contributed by atoms with E-state index in [0.717, 1.165) is 48.2 Å². The zero-order chi connectivity index (χ0) is 22.5. The number of piperazine rings is 1. The molecule has 1 aromatic heterocycles. The Morgan fingerprint density at radius 1 is 1.03 bits per heavy atom. The zero-order valence-electron chi connectivity index (χ0n) is 17.8. The third-order valence-corrected chi connectivity index (χ3v) is 6.37. The average molecular weight is 452 g/mol. The van der Waals surface area contributed by atoms with Gasteiger partial charge in [0.15, 0.2) is 0 Å². The molecular weight excluding hydrogens is 426 g/mol. The van der Waals surface area contributed by atoms with Crippen LogP contribution in [0.1, 0.15) is 15.2 Å². The number of hydrogen-bond acceptors (Lipinski definition) is 6. The summed E-state index contributed by atoms with van der Waals surface area (Å²) in [4.78, 5) is 29.6. The minimum absolute atomic E-state index is 0.0918. The quantitative estimate of drug-likeness (QED) is 0.566. The summed E-state index contributed by atoms with van der Waals surface area (Å²) in [6.07, 6.45) is 0.226. The SMILES string of the molecule is COc1ccccc1N1CCN(c2ccc(NC(=O)Cc3cccs3)c(C(=O)O)c2)CC1. The number of methoxy groups -OCH3 is 1. The number of anilines is 3. The predicted octanol–water partition coefficient (Wildman–Crippen LogP) is 3.96. The number of carbonyl (C=O) groups excluding carboxylic acids is 1. The van der Waals surface area contributed by atoms with Crippen molar-refractivity contribution in [1.82, 2.24) is 0 Å². The number of nitrogens with zero attached hydrogens (tertiary/aromatic N) is 2. The first-order valence-corrected chi connectivity index (χ1v) is 11.3. The molecule has 0 spiro atoms. The van der Waals surface area contributed by atoms with Crippen LogP contribution in [-0.4, -0.2) is 50.3 Å². The summed E-state index contributed by atoms with van der Waals surface area (Å²) in [5.74, 6) is -0.448. The minimum atomic E-state index is -1.06. The maximum Gasteiger partial charge on any atom is 0.337 e. The van der Waals surface area contributed by atoms with Crippen LogP contribution >= 0.6 is 11.3 Å². The molecule has 0 aliphatic carbocycles. The van der Waals surface area contributed by atoms with E-state index in [1.54, 1.807) is 19.2 Å². The number of carboxylic acids is 1. The fraction of sp³-hybridized carbons (Fsp3) is 0.250. The zero-order valence-corrected chi connectivity index (χ0v) is 18.6. The van der Waals surface area contributed by atoms with Gasteiger partial charge in [0.25, 0.3) is 0 Å². The number of rotatable bonds is 7. The molecule has 1 aliphatic heterocycles. The first-order chi connectivity index (χ1) is 15.5. The summed E-state index contributed by atoms with van der Waals surface area (Å²) < 4.78 is 5.48. The Kier molecular flexibility index (Phi) is 6.61. The highest BCUT2D eigenvalue weighted by Crippen LogP contribution is 2.30. The van der Waals surface area contributed by atoms with Crippen LogP contribution in [-0.2, 0) is 11.2 Å². The number of hydrogen-bond donors (Lipinski definition) is 2. The fourth-order valence-corrected chi connectivity index (χ4v) is 4.58. The highest BCUT2D eigenvalue weighted by Gasteiger charge is 2.22. The first kappa shape index (κ1) is 21.7. The normalized spacial score (nSPS) is 13.7. The Hall–Kier alpha value is -3.52. The van der Waals surface area contributed by atoms with Crippen LogP contribution in [0.2, 0.25) is 0 Å². The van der Waals surface area contributed by atoms with Crippen molar-refractivity contribution in [3.63, 3.8) is 0 Å². The van der Waals surface area contributed by atoms with E-state index in [1.165, 1.54) is 11.3 Å². The number of para-hydroxylation sites is 2. The van der Waals surface area contributed by atoms with Gasteiger partial charge in [0, 0.05) is 36.7 Å². The molecule has 1 saturated heterocycles. The standard InChI is InChI=1S/C24H25N3O4S/c1-31-22-7-3-2-6-21(22)27-12-10-26(11-13-27)17-8-9-20(19(15-17)24(29)30)25-23(28)16-18-5-4-14-32-18/h2-9,14-15H,10-13,16H2,1H3,(H,25,28)(H,29,30). The smallest absolute Gasteiger partial charge is 0.337 e. The molecule has 32 heavy (non-hydrogen) atoms. The predicted molar refractivity (Wildman–Crippen MR) is 127 cm³/mol. The highest BCUT2D eigenvalue weighted by molar-refractivity contribution is 7.10. The lowest BCUT2D eigenvalue weighted by Crippen LogP contribution is -2.46. The molecule has 0 bridgehead atoms. The van der Waals surface area contributed by atoms with Crippen LogP contribution in [0.4, 0.5) is 17.1 Å². The van der Waals surface area contributed by atoms with E-state index in [1.807, 2.05) is 47.8 Å². The lowest BCUT2D eigenvalue weighted by Gasteiger charge is -2.38. The molecule has 166 valence electrons. The molecule has 0 atom stereocenters. The number of thiophene rings is 1. The second-order valence-corrected chi connectivity index (χ2v) is 8.52. The second kappa shape index (κ2) is 9.74. The second-order valence-electron chi connectivity index (χ2n) is 7.49. The van der Waals surface area contributed by atoms with Gasteiger partial charge >= 0.3 is 5.97 Å². The van der Waals surface area contributed by atoms with E-state index in [0.29, 0.717) is 5.69 Å². The van der Waals surface area contributed by atoms with Gasteiger partial charge in [-0.05, 0) is 41.8 Å². The topological polar surface area (TPSA) is 82.1 Å². The van der Waals surface area contributed by atoms with Gasteiger partial charge in [0.05, 0.1) is 30.5 Å². The van der Waals surface area contributed by atoms with Crippen molar-refractivity contribution in [2.24, 2.45) is 0 Å². The molecule has 2 heterocycles. The number of nitrogens with one attached hydrogen (secondary N) is 1. The number of carbonyl (C=O) groups is 2. The minimum Gasteiger partial charge on any atom is -0.495 e. The van der Waals surface area contributed by atoms with Crippen molar-refractivity contribution in [1.29, 1.82) is 0 Å². The van der Waals surface area contributed by atoms with E-state index in [4.69, 9.17) is 4.74 Å². The summed E-state index contributed by atoms with van der Waals surface area (Å²) >= 11 is 1.50. The Labute approximate surface area is 190 Å². The van der Waals surface area contributed by atoms with Crippen molar-refractivity contribution < 1.29 is 19.4 Å². The number of carboxylic acid groups (broad SMARTS) is 1. The maximum absolute atomic E-state index is 12.3. The van der Waals surface area contributed by atoms with Crippen LogP contribution < -0.4 is 19.9 Å². The molecule has 8 heteroatoms. The summed E-state index contributed by atoms with van der Waals surface area (Å²) in [5.41, 5.74) is 2.30. The van der Waals surface area contributed by atoms with Crippen molar-refractivity contribution in [3.05, 3.63) is 70.4 Å². The van der Waals surface area contributed by atoms with Gasteiger partial charge in [-0.3, -0.25) is 4.79 Å². The Balaban J connectivity index is 1.45. The number of benzene rings is 2. The summed E-state index contributed by atoms with van der Waals surface area (Å²) in [6, 6.07) is 16.9. The van der Waals surface area contributed by atoms with Gasteiger partial charge < -0.3 is 25.0 Å². The third-order valence-electron chi connectivity index (χ3n) is 5.49. The van der Waals surface area contributed by atoms with Gasteiger partial charge in [-0.15, -0.1) is 11.3 Å². The number of aromatic carboxylic acids is 1. The van der Waals surface area contributed by atoms with E-state index >= 15 is 0 Å². The van der Waals surface area contributed by atoms with Gasteiger partial charge in [0.2, 0.25) is 5.91 Å². The molecule has 1 amide bonds. The molecule has 0 radical (unpaired) electrons. The van der Waals surface area contributed by atoms with Crippen molar-refractivity contribution in [3.8, 4) is 5.75 Å². The molecule has 2 aromatic carbocycles. The molecule has 3 aromatic rings. The van der Waals surface area contributed by atoms with Gasteiger partial charge in [-0.25, -0.2) is 4.79 Å². The van der Waals surface area contributed by atoms with Gasteiger partial charge in [-0.2, -0.15) is 0 Å². The van der Waals surface area contributed by atoms with Crippen LogP contribution in [0, 0.1) is 0 Å². The van der Waals surface area contributed by atoms with Crippen LogP contribution in [0.15, 0.2) is 60.0 Å². The number of amides is 1. The fourth-order valence-electron chi connectivity index (χ4n) is 3.88. The molecule has 4 rings (SSSR count). The Bertz CT molecular complexity index is 1090. The Morgan fingerprint density at radius 3 is 2.47 bits per heavy atom. The Morgan fingerprint density at radius 2 is 1.78 bits per heavy atom. The average Bonchev–Trinajstić information content (AvgIpc) is 3.32. The largest absolute Gasteiger partial charge is 0.495 e. The van der Waals surface area contributed by atoms with Gasteiger partial charge in [0.1, 0.15) is 5.75 Å². The maximum atomic E-state index is 12.3. The summed E-state index contributed by atoms with van der Waals surface area (Å²) in [6.45, 7) is 3.09. The van der Waals surface area contributed by atoms with E-state index in [9.17, 15) is 14.7 Å². The monoisotopic (exact) mass is 451 g/mol. The van der Waals surface area contributed by atoms with Crippen molar-refractivity contribution in [2.45, 2.75) is 6.42 Å². The molecule has 2 N–H and O–H groups in total. The first-order valence-electron chi connectivity index (χ1n) is 10.4. The van der Waals surface area contributed by atoms with E-state index in [2.05, 4.69) is 15.1 Å². The number of ether oxygens (including phenoxy) is 1. The molecule has 1 aliphatic rings. The van der Waals surface area contributed by atoms with Crippen molar-refractivity contribution in [2.75, 3.05) is 48.4 Å². The molecular formula is C24H25N3O4S. The lowest BCUT2D eigenvalue weighted by atomic mass is 10.1. The molecule has 0 unspecified atom stereocenters. The third kappa shape index (κ3) is 4.86. The van der Waals surface area contributed by atoms with Crippen LogP contribution in [0.5, 0.6) is 5.75 Å². The van der Waals surface area contributed by atoms with Crippen LogP contribution in [0.3, 0.4) is 0 Å². The van der Waals surface area contributed by atoms with Crippen molar-refractivity contribution >= 4 is 40.3 Å². The van der Waals surface area contributed by atoms with Crippen LogP contribution in [0.25, 0.3) is 0 Å². The van der Waals surface area contributed by atoms with E-state index < -0.39 is 5.97 Å². The van der Waals surface area contributed by atoms with Gasteiger partial charge in [-0.1, -0.05) is 18.2 Å². The van der Waals surface area contributed by atoms with E-state index in [-0.39, 0.29) is 17.9 Å².